The number of amides is 2. The highest BCUT2D eigenvalue weighted by atomic mass is 35.5. The summed E-state index contributed by atoms with van der Waals surface area (Å²) in [5, 5.41) is 3.68. The lowest BCUT2D eigenvalue weighted by Crippen LogP contribution is -2.50. The van der Waals surface area contributed by atoms with E-state index < -0.39 is 6.04 Å². The standard InChI is InChI=1S/C24H31ClN2O3S/c1-5-17(2)26-24(29)18(3)27(14-19-8-12-22(30-4)13-9-19)23(28)16-31-15-20-6-10-21(25)11-7-20/h6-13,17-18H,5,14-16H2,1-4H3,(H,26,29)/t17-,18-/m1/s1. The zero-order chi connectivity index (χ0) is 22.8. The van der Waals surface area contributed by atoms with Crippen molar-refractivity contribution >= 4 is 35.2 Å². The molecule has 0 fully saturated rings. The van der Waals surface area contributed by atoms with E-state index in [0.717, 1.165) is 23.3 Å². The maximum Gasteiger partial charge on any atom is 0.242 e. The second-order valence-corrected chi connectivity index (χ2v) is 8.90. The van der Waals surface area contributed by atoms with Crippen LogP contribution in [-0.2, 0) is 21.9 Å². The number of nitrogens with one attached hydrogen (secondary N) is 1. The molecular weight excluding hydrogens is 432 g/mol. The van der Waals surface area contributed by atoms with Gasteiger partial charge in [-0.25, -0.2) is 0 Å². The van der Waals surface area contributed by atoms with Crippen molar-refractivity contribution in [3.8, 4) is 5.75 Å². The van der Waals surface area contributed by atoms with E-state index in [4.69, 9.17) is 16.3 Å². The van der Waals surface area contributed by atoms with Crippen LogP contribution in [0.25, 0.3) is 0 Å². The second kappa shape index (κ2) is 12.6. The summed E-state index contributed by atoms with van der Waals surface area (Å²) >= 11 is 7.46. The molecule has 31 heavy (non-hydrogen) atoms. The van der Waals surface area contributed by atoms with Crippen LogP contribution in [0.15, 0.2) is 48.5 Å². The van der Waals surface area contributed by atoms with Crippen molar-refractivity contribution in [3.05, 3.63) is 64.7 Å². The number of rotatable bonds is 11. The van der Waals surface area contributed by atoms with Gasteiger partial charge >= 0.3 is 0 Å². The van der Waals surface area contributed by atoms with Crippen LogP contribution in [0, 0.1) is 0 Å². The van der Waals surface area contributed by atoms with Crippen molar-refractivity contribution in [2.75, 3.05) is 12.9 Å². The first-order valence-electron chi connectivity index (χ1n) is 10.4. The lowest BCUT2D eigenvalue weighted by Gasteiger charge is -2.29. The zero-order valence-electron chi connectivity index (χ0n) is 18.6. The monoisotopic (exact) mass is 462 g/mol. The lowest BCUT2D eigenvalue weighted by molar-refractivity contribution is -0.138. The third-order valence-corrected chi connectivity index (χ3v) is 6.33. The van der Waals surface area contributed by atoms with Gasteiger partial charge < -0.3 is 15.0 Å². The predicted molar refractivity (Wildman–Crippen MR) is 129 cm³/mol. The Kier molecular flexibility index (Phi) is 10.2. The SMILES string of the molecule is CC[C@@H](C)NC(=O)[C@@H](C)N(Cc1ccc(OC)cc1)C(=O)CSCc1ccc(Cl)cc1. The molecule has 0 aliphatic heterocycles. The van der Waals surface area contributed by atoms with Crippen LogP contribution >= 0.6 is 23.4 Å². The summed E-state index contributed by atoms with van der Waals surface area (Å²) in [7, 11) is 1.62. The third kappa shape index (κ3) is 8.11. The highest BCUT2D eigenvalue weighted by Gasteiger charge is 2.26. The molecule has 2 amide bonds. The van der Waals surface area contributed by atoms with Gasteiger partial charge in [0.25, 0.3) is 0 Å². The molecule has 2 aromatic rings. The van der Waals surface area contributed by atoms with Gasteiger partial charge in [0.1, 0.15) is 11.8 Å². The van der Waals surface area contributed by atoms with E-state index in [1.165, 1.54) is 11.8 Å². The molecule has 2 rings (SSSR count). The van der Waals surface area contributed by atoms with Crippen molar-refractivity contribution in [1.29, 1.82) is 0 Å². The molecule has 0 aliphatic rings. The fourth-order valence-electron chi connectivity index (χ4n) is 2.90. The number of halogens is 1. The largest absolute Gasteiger partial charge is 0.497 e. The molecule has 0 aromatic heterocycles. The molecule has 0 saturated carbocycles. The van der Waals surface area contributed by atoms with E-state index in [2.05, 4.69) is 5.32 Å². The quantitative estimate of drug-likeness (QED) is 0.515. The fraction of sp³-hybridized carbons (Fsp3) is 0.417. The Morgan fingerprint density at radius 3 is 2.26 bits per heavy atom. The number of hydrogen-bond donors (Lipinski definition) is 1. The van der Waals surface area contributed by atoms with E-state index in [1.54, 1.807) is 18.9 Å². The van der Waals surface area contributed by atoms with Crippen molar-refractivity contribution in [2.45, 2.75) is 51.6 Å². The summed E-state index contributed by atoms with van der Waals surface area (Å²) in [6.45, 7) is 6.12. The minimum atomic E-state index is -0.570. The average molecular weight is 463 g/mol. The maximum atomic E-state index is 13.1. The van der Waals surface area contributed by atoms with Crippen LogP contribution in [0.3, 0.4) is 0 Å². The van der Waals surface area contributed by atoms with Gasteiger partial charge in [-0.3, -0.25) is 9.59 Å². The number of carbonyl (C=O) groups is 2. The summed E-state index contributed by atoms with van der Waals surface area (Å²) in [6.07, 6.45) is 0.835. The van der Waals surface area contributed by atoms with Gasteiger partial charge in [-0.2, -0.15) is 0 Å². The molecule has 0 saturated heterocycles. The highest BCUT2D eigenvalue weighted by Crippen LogP contribution is 2.19. The predicted octanol–water partition coefficient (Wildman–Crippen LogP) is 4.91. The molecule has 0 radical (unpaired) electrons. The van der Waals surface area contributed by atoms with Gasteiger partial charge in [-0.1, -0.05) is 42.8 Å². The number of methoxy groups -OCH3 is 1. The van der Waals surface area contributed by atoms with Gasteiger partial charge in [0.05, 0.1) is 12.9 Å². The lowest BCUT2D eigenvalue weighted by atomic mass is 10.1. The Bertz CT molecular complexity index is 843. The van der Waals surface area contributed by atoms with Crippen molar-refractivity contribution < 1.29 is 14.3 Å². The number of benzene rings is 2. The number of hydrogen-bond acceptors (Lipinski definition) is 4. The first-order valence-corrected chi connectivity index (χ1v) is 11.9. The minimum absolute atomic E-state index is 0.0622. The molecule has 7 heteroatoms. The van der Waals surface area contributed by atoms with E-state index in [1.807, 2.05) is 62.4 Å². The first-order chi connectivity index (χ1) is 14.8. The summed E-state index contributed by atoms with van der Waals surface area (Å²) in [5.41, 5.74) is 2.05. The number of carbonyl (C=O) groups excluding carboxylic acids is 2. The smallest absolute Gasteiger partial charge is 0.242 e. The van der Waals surface area contributed by atoms with Crippen molar-refractivity contribution in [1.82, 2.24) is 10.2 Å². The molecule has 1 N–H and O–H groups in total. The van der Waals surface area contributed by atoms with Crippen LogP contribution in [0.5, 0.6) is 5.75 Å². The Hall–Kier alpha value is -2.18. The summed E-state index contributed by atoms with van der Waals surface area (Å²) in [4.78, 5) is 27.5. The number of ether oxygens (including phenoxy) is 1. The molecule has 168 valence electrons. The molecule has 0 bridgehead atoms. The molecule has 0 aliphatic carbocycles. The van der Waals surface area contributed by atoms with Gasteiger partial charge in [0, 0.05) is 23.4 Å². The number of thioether (sulfide) groups is 1. The zero-order valence-corrected chi connectivity index (χ0v) is 20.1. The Balaban J connectivity index is 2.07. The molecular formula is C24H31ClN2O3S. The molecule has 2 atom stereocenters. The van der Waals surface area contributed by atoms with Crippen LogP contribution in [0.4, 0.5) is 0 Å². The van der Waals surface area contributed by atoms with Crippen LogP contribution in [-0.4, -0.2) is 41.7 Å². The highest BCUT2D eigenvalue weighted by molar-refractivity contribution is 7.99. The van der Waals surface area contributed by atoms with Gasteiger partial charge in [0.2, 0.25) is 11.8 Å². The molecule has 0 spiro atoms. The number of nitrogens with zero attached hydrogens (tertiary/aromatic N) is 1. The molecule has 0 unspecified atom stereocenters. The Labute approximate surface area is 194 Å². The van der Waals surface area contributed by atoms with Crippen molar-refractivity contribution in [2.24, 2.45) is 0 Å². The second-order valence-electron chi connectivity index (χ2n) is 7.48. The first kappa shape index (κ1) is 25.1. The topological polar surface area (TPSA) is 58.6 Å². The average Bonchev–Trinajstić information content (AvgIpc) is 2.78. The minimum Gasteiger partial charge on any atom is -0.497 e. The third-order valence-electron chi connectivity index (χ3n) is 5.09. The van der Waals surface area contributed by atoms with Gasteiger partial charge in [0.15, 0.2) is 0 Å². The fourth-order valence-corrected chi connectivity index (χ4v) is 3.89. The van der Waals surface area contributed by atoms with Crippen LogP contribution < -0.4 is 10.1 Å². The summed E-state index contributed by atoms with van der Waals surface area (Å²) in [6, 6.07) is 14.6. The van der Waals surface area contributed by atoms with Crippen LogP contribution in [0.2, 0.25) is 5.02 Å². The molecule has 5 nitrogen and oxygen atoms in total. The van der Waals surface area contributed by atoms with Crippen molar-refractivity contribution in [3.63, 3.8) is 0 Å². The van der Waals surface area contributed by atoms with E-state index in [9.17, 15) is 9.59 Å². The Morgan fingerprint density at radius 1 is 1.06 bits per heavy atom. The summed E-state index contributed by atoms with van der Waals surface area (Å²) < 4.78 is 5.21. The summed E-state index contributed by atoms with van der Waals surface area (Å²) in [5.74, 6) is 1.54. The normalized spacial score (nSPS) is 12.7. The van der Waals surface area contributed by atoms with E-state index in [0.29, 0.717) is 23.1 Å². The Morgan fingerprint density at radius 2 is 1.68 bits per heavy atom. The van der Waals surface area contributed by atoms with E-state index in [-0.39, 0.29) is 17.9 Å². The molecule has 2 aromatic carbocycles. The maximum absolute atomic E-state index is 13.1. The van der Waals surface area contributed by atoms with Crippen LogP contribution in [0.1, 0.15) is 38.3 Å². The molecule has 0 heterocycles. The van der Waals surface area contributed by atoms with Gasteiger partial charge in [-0.15, -0.1) is 11.8 Å². The van der Waals surface area contributed by atoms with Gasteiger partial charge in [-0.05, 0) is 55.7 Å². The van der Waals surface area contributed by atoms with E-state index >= 15 is 0 Å².